The summed E-state index contributed by atoms with van der Waals surface area (Å²) in [5.41, 5.74) is 13.9. The zero-order valence-electron chi connectivity index (χ0n) is 29.7. The monoisotopic (exact) mass is 688 g/mol. The van der Waals surface area contributed by atoms with E-state index in [0.29, 0.717) is 0 Å². The third-order valence-electron chi connectivity index (χ3n) is 10.6. The molecule has 1 aromatic heterocycles. The highest BCUT2D eigenvalue weighted by atomic mass is 15.1. The fraction of sp³-hybridized carbons (Fsp3) is 0. The first-order valence-electron chi connectivity index (χ1n) is 18.5. The van der Waals surface area contributed by atoms with Crippen LogP contribution in [0.3, 0.4) is 0 Å². The van der Waals surface area contributed by atoms with E-state index in [-0.39, 0.29) is 0 Å². The lowest BCUT2D eigenvalue weighted by Crippen LogP contribution is -2.12. The van der Waals surface area contributed by atoms with Gasteiger partial charge >= 0.3 is 0 Å². The van der Waals surface area contributed by atoms with Crippen molar-refractivity contribution < 1.29 is 0 Å². The van der Waals surface area contributed by atoms with E-state index in [4.69, 9.17) is 0 Å². The van der Waals surface area contributed by atoms with Gasteiger partial charge in [-0.2, -0.15) is 0 Å². The van der Waals surface area contributed by atoms with Crippen molar-refractivity contribution in [2.24, 2.45) is 0 Å². The molecule has 0 spiro atoms. The Kier molecular flexibility index (Phi) is 7.85. The van der Waals surface area contributed by atoms with Gasteiger partial charge in [0.25, 0.3) is 0 Å². The molecule has 0 bridgehead atoms. The van der Waals surface area contributed by atoms with E-state index in [1.54, 1.807) is 0 Å². The smallest absolute Gasteiger partial charge is 0.0546 e. The quantitative estimate of drug-likeness (QED) is 0.162. The van der Waals surface area contributed by atoms with Crippen LogP contribution in [0, 0.1) is 0 Å². The zero-order chi connectivity index (χ0) is 35.8. The number of benzene rings is 9. The van der Waals surface area contributed by atoms with Crippen LogP contribution >= 0.6 is 0 Å². The van der Waals surface area contributed by atoms with E-state index in [1.807, 2.05) is 0 Å². The predicted octanol–water partition coefficient (Wildman–Crippen LogP) is 14.4. The molecule has 0 aliphatic carbocycles. The van der Waals surface area contributed by atoms with Gasteiger partial charge in [0.05, 0.1) is 22.4 Å². The first-order valence-corrected chi connectivity index (χ1v) is 18.5. The molecule has 0 saturated carbocycles. The van der Waals surface area contributed by atoms with Gasteiger partial charge in [0, 0.05) is 33.1 Å². The van der Waals surface area contributed by atoms with Crippen molar-refractivity contribution in [2.45, 2.75) is 0 Å². The topological polar surface area (TPSA) is 8.17 Å². The second kappa shape index (κ2) is 13.4. The summed E-state index contributed by atoms with van der Waals surface area (Å²) in [7, 11) is 0. The first-order chi connectivity index (χ1) is 26.8. The molecule has 0 aliphatic heterocycles. The number of aromatic nitrogens is 1. The third kappa shape index (κ3) is 5.53. The molecule has 54 heavy (non-hydrogen) atoms. The van der Waals surface area contributed by atoms with E-state index in [2.05, 4.69) is 228 Å². The molecule has 1 heterocycles. The molecule has 0 fully saturated rings. The summed E-state index contributed by atoms with van der Waals surface area (Å²) in [5.74, 6) is 0. The number of anilines is 3. The number of fused-ring (bicyclic) bond motifs is 4. The van der Waals surface area contributed by atoms with Crippen LogP contribution in [0.25, 0.3) is 71.6 Å². The van der Waals surface area contributed by atoms with E-state index in [9.17, 15) is 0 Å². The van der Waals surface area contributed by atoms with E-state index >= 15 is 0 Å². The summed E-state index contributed by atoms with van der Waals surface area (Å²) >= 11 is 0. The van der Waals surface area contributed by atoms with Gasteiger partial charge < -0.3 is 9.47 Å². The average molecular weight is 689 g/mol. The van der Waals surface area contributed by atoms with Gasteiger partial charge in [-0.1, -0.05) is 170 Å². The van der Waals surface area contributed by atoms with Crippen molar-refractivity contribution in [3.63, 3.8) is 0 Å². The molecule has 0 amide bonds. The number of rotatable bonds is 7. The number of hydrogen-bond acceptors (Lipinski definition) is 1. The molecule has 9 aromatic carbocycles. The van der Waals surface area contributed by atoms with Crippen LogP contribution in [0.2, 0.25) is 0 Å². The van der Waals surface area contributed by atoms with E-state index < -0.39 is 0 Å². The Balaban J connectivity index is 1.22. The van der Waals surface area contributed by atoms with Gasteiger partial charge in [-0.15, -0.1) is 0 Å². The summed E-state index contributed by atoms with van der Waals surface area (Å²) in [5, 5.41) is 4.91. The molecule has 0 N–H and O–H groups in total. The summed E-state index contributed by atoms with van der Waals surface area (Å²) in [6.07, 6.45) is 0. The molecule has 254 valence electrons. The van der Waals surface area contributed by atoms with Gasteiger partial charge in [0.2, 0.25) is 0 Å². The third-order valence-corrected chi connectivity index (χ3v) is 10.6. The van der Waals surface area contributed by atoms with Crippen molar-refractivity contribution in [3.8, 4) is 39.1 Å². The molecule has 0 saturated heterocycles. The van der Waals surface area contributed by atoms with E-state index in [1.165, 1.54) is 54.8 Å². The minimum Gasteiger partial charge on any atom is -0.309 e. The van der Waals surface area contributed by atoms with Gasteiger partial charge in [-0.25, -0.2) is 0 Å². The predicted molar refractivity (Wildman–Crippen MR) is 229 cm³/mol. The minimum atomic E-state index is 1.09. The fourth-order valence-electron chi connectivity index (χ4n) is 8.03. The molecule has 10 rings (SSSR count). The van der Waals surface area contributed by atoms with Crippen molar-refractivity contribution >= 4 is 49.6 Å². The van der Waals surface area contributed by atoms with Crippen LogP contribution in [-0.2, 0) is 0 Å². The van der Waals surface area contributed by atoms with Crippen molar-refractivity contribution in [2.75, 3.05) is 4.90 Å². The Hall–Kier alpha value is -7.16. The Morgan fingerprint density at radius 1 is 0.315 bits per heavy atom. The Labute approximate surface area is 315 Å². The minimum absolute atomic E-state index is 1.09. The van der Waals surface area contributed by atoms with Gasteiger partial charge in [-0.05, 0) is 81.7 Å². The van der Waals surface area contributed by atoms with E-state index in [0.717, 1.165) is 33.9 Å². The number of hydrogen-bond donors (Lipinski definition) is 0. The van der Waals surface area contributed by atoms with Gasteiger partial charge in [0.1, 0.15) is 0 Å². The lowest BCUT2D eigenvalue weighted by atomic mass is 9.95. The highest BCUT2D eigenvalue weighted by Crippen LogP contribution is 2.46. The Bertz CT molecular complexity index is 2860. The van der Waals surface area contributed by atoms with Gasteiger partial charge in [-0.3, -0.25) is 0 Å². The highest BCUT2D eigenvalue weighted by molar-refractivity contribution is 6.09. The lowest BCUT2D eigenvalue weighted by molar-refractivity contribution is 1.18. The number of nitrogens with zero attached hydrogens (tertiary/aromatic N) is 2. The maximum Gasteiger partial charge on any atom is 0.0546 e. The lowest BCUT2D eigenvalue weighted by Gasteiger charge is -2.30. The normalized spacial score (nSPS) is 11.3. The Morgan fingerprint density at radius 2 is 0.833 bits per heavy atom. The Morgan fingerprint density at radius 3 is 1.54 bits per heavy atom. The summed E-state index contributed by atoms with van der Waals surface area (Å²) in [6, 6.07) is 79.0. The van der Waals surface area contributed by atoms with Crippen LogP contribution in [0.15, 0.2) is 218 Å². The second-order valence-electron chi connectivity index (χ2n) is 13.8. The zero-order valence-corrected chi connectivity index (χ0v) is 29.7. The average Bonchev–Trinajstić information content (AvgIpc) is 3.59. The summed E-state index contributed by atoms with van der Waals surface area (Å²) in [4.78, 5) is 2.45. The van der Waals surface area contributed by atoms with Crippen LogP contribution in [0.4, 0.5) is 17.1 Å². The van der Waals surface area contributed by atoms with Crippen molar-refractivity contribution in [3.05, 3.63) is 218 Å². The maximum absolute atomic E-state index is 2.45. The summed E-state index contributed by atoms with van der Waals surface area (Å²) in [6.45, 7) is 0. The van der Waals surface area contributed by atoms with Crippen molar-refractivity contribution in [1.29, 1.82) is 0 Å². The molecule has 2 heteroatoms. The van der Waals surface area contributed by atoms with Crippen LogP contribution < -0.4 is 4.90 Å². The molecule has 0 unspecified atom stereocenters. The van der Waals surface area contributed by atoms with Gasteiger partial charge in [0.15, 0.2) is 0 Å². The maximum atomic E-state index is 2.45. The SMILES string of the molecule is c1ccc(-c2ccc(N(c3cc(-c4ccccc4)ccc3-c3cccc(-n4c5ccccc5c5ccccc54)c3)c3cccc4ccccc34)cc2)cc1. The molecule has 2 nitrogen and oxygen atoms in total. The summed E-state index contributed by atoms with van der Waals surface area (Å²) < 4.78 is 2.40. The molecular weight excluding hydrogens is 653 g/mol. The molecular formula is C52H36N2. The van der Waals surface area contributed by atoms with Crippen LogP contribution in [0.5, 0.6) is 0 Å². The fourth-order valence-corrected chi connectivity index (χ4v) is 8.03. The molecule has 10 aromatic rings. The van der Waals surface area contributed by atoms with Crippen LogP contribution in [0.1, 0.15) is 0 Å². The second-order valence-corrected chi connectivity index (χ2v) is 13.8. The van der Waals surface area contributed by atoms with Crippen molar-refractivity contribution in [1.82, 2.24) is 4.57 Å². The number of para-hydroxylation sites is 2. The largest absolute Gasteiger partial charge is 0.309 e. The first kappa shape index (κ1) is 31.6. The van der Waals surface area contributed by atoms with Crippen LogP contribution in [-0.4, -0.2) is 4.57 Å². The highest BCUT2D eigenvalue weighted by Gasteiger charge is 2.21. The molecule has 0 atom stereocenters. The molecule has 0 radical (unpaired) electrons. The standard InChI is InChI=1S/C52H36N2/c1-3-15-37(16-4-1)39-29-32-43(33-30-39)53(49-28-14-20-40-19-7-8-23-45(40)49)52-36-41(38-17-5-2-6-18-38)31-34-46(52)42-21-13-22-44(35-42)54-50-26-11-9-24-47(50)48-25-10-12-27-51(48)54/h1-36H. The molecule has 0 aliphatic rings.